The van der Waals surface area contributed by atoms with Crippen LogP contribution in [0, 0.1) is 5.92 Å². The van der Waals surface area contributed by atoms with E-state index in [2.05, 4.69) is 10.6 Å². The number of nitrogens with zero attached hydrogens (tertiary/aromatic N) is 2. The van der Waals surface area contributed by atoms with Crippen LogP contribution < -0.4 is 10.6 Å². The molecule has 0 saturated carbocycles. The highest BCUT2D eigenvalue weighted by Crippen LogP contribution is 2.25. The number of amides is 3. The quantitative estimate of drug-likeness (QED) is 0.355. The van der Waals surface area contributed by atoms with Crippen LogP contribution >= 0.6 is 0 Å². The van der Waals surface area contributed by atoms with E-state index in [0.717, 1.165) is 0 Å². The van der Waals surface area contributed by atoms with Gasteiger partial charge in [0.15, 0.2) is 0 Å². The van der Waals surface area contributed by atoms with Crippen LogP contribution in [0.15, 0.2) is 54.6 Å². The number of nitrogens with one attached hydrogen (secondary N) is 2. The lowest BCUT2D eigenvalue weighted by atomic mass is 9.96. The number of piperidine rings is 1. The van der Waals surface area contributed by atoms with Crippen LogP contribution in [-0.2, 0) is 41.3 Å². The van der Waals surface area contributed by atoms with E-state index in [-0.39, 0.29) is 36.6 Å². The Bertz CT molecular complexity index is 1470. The number of carbonyl (C=O) groups excluding carboxylic acids is 3. The Morgan fingerprint density at radius 1 is 0.911 bits per heavy atom. The molecule has 0 aromatic heterocycles. The zero-order valence-corrected chi connectivity index (χ0v) is 26.7. The molecule has 2 saturated heterocycles. The number of anilines is 1. The number of hydrogen-bond donors (Lipinski definition) is 3. The molecule has 0 unspecified atom stereocenters. The Morgan fingerprint density at radius 3 is 2.16 bits per heavy atom. The van der Waals surface area contributed by atoms with E-state index >= 15 is 0 Å². The Kier molecular flexibility index (Phi) is 10.9. The first kappa shape index (κ1) is 33.9. The van der Waals surface area contributed by atoms with Crippen LogP contribution in [0.5, 0.6) is 0 Å². The van der Waals surface area contributed by atoms with E-state index in [9.17, 15) is 32.7 Å². The van der Waals surface area contributed by atoms with Gasteiger partial charge in [-0.25, -0.2) is 18.0 Å². The Morgan fingerprint density at radius 2 is 1.56 bits per heavy atom. The lowest BCUT2D eigenvalue weighted by molar-refractivity contribution is -0.142. The van der Waals surface area contributed by atoms with Crippen LogP contribution in [0.1, 0.15) is 57.6 Å². The number of likely N-dealkylation sites (tertiary alicyclic amines) is 1. The largest absolute Gasteiger partial charge is 0.480 e. The lowest BCUT2D eigenvalue weighted by Gasteiger charge is -2.32. The third-order valence-electron chi connectivity index (χ3n) is 7.85. The lowest BCUT2D eigenvalue weighted by Crippen LogP contribution is -2.51. The molecule has 2 aliphatic heterocycles. The predicted molar refractivity (Wildman–Crippen MR) is 168 cm³/mol. The minimum absolute atomic E-state index is 0.0259. The molecule has 2 fully saturated rings. The van der Waals surface area contributed by atoms with Gasteiger partial charge in [0.2, 0.25) is 21.8 Å². The highest BCUT2D eigenvalue weighted by Gasteiger charge is 2.39. The monoisotopic (exact) mass is 642 g/mol. The summed E-state index contributed by atoms with van der Waals surface area (Å²) < 4.78 is 32.8. The first-order chi connectivity index (χ1) is 21.2. The SMILES string of the molecule is CC(C)(C)OC(=O)N1CCC(C(=O)Nc2ccc(C[C@H](NC(=O)[C@@H]3CCCN3S(=O)(=O)Cc3ccccc3)C(=O)O)cc2)CC1. The molecular formula is C32H42N4O8S. The maximum atomic E-state index is 13.1. The first-order valence-electron chi connectivity index (χ1n) is 15.2. The maximum absolute atomic E-state index is 13.1. The van der Waals surface area contributed by atoms with Gasteiger partial charge in [-0.1, -0.05) is 42.5 Å². The van der Waals surface area contributed by atoms with Crippen molar-refractivity contribution in [3.8, 4) is 0 Å². The minimum atomic E-state index is -3.79. The highest BCUT2D eigenvalue weighted by atomic mass is 32.2. The Balaban J connectivity index is 1.29. The van der Waals surface area contributed by atoms with Gasteiger partial charge in [-0.15, -0.1) is 0 Å². The fourth-order valence-corrected chi connectivity index (χ4v) is 7.30. The fourth-order valence-electron chi connectivity index (χ4n) is 5.53. The van der Waals surface area contributed by atoms with Crippen LogP contribution in [0.3, 0.4) is 0 Å². The summed E-state index contributed by atoms with van der Waals surface area (Å²) >= 11 is 0. The van der Waals surface area contributed by atoms with Crippen molar-refractivity contribution < 1.29 is 37.4 Å². The van der Waals surface area contributed by atoms with Crippen LogP contribution in [0.2, 0.25) is 0 Å². The van der Waals surface area contributed by atoms with Gasteiger partial charge in [0.25, 0.3) is 0 Å². The van der Waals surface area contributed by atoms with Crippen molar-refractivity contribution in [2.24, 2.45) is 5.92 Å². The molecule has 0 aliphatic carbocycles. The van der Waals surface area contributed by atoms with Crippen molar-refractivity contribution in [3.05, 3.63) is 65.7 Å². The number of carboxylic acids is 1. The van der Waals surface area contributed by atoms with Crippen molar-refractivity contribution in [2.45, 2.75) is 76.3 Å². The third kappa shape index (κ3) is 9.51. The van der Waals surface area contributed by atoms with E-state index in [0.29, 0.717) is 55.6 Å². The molecule has 0 spiro atoms. The second kappa shape index (κ2) is 14.4. The topological polar surface area (TPSA) is 162 Å². The van der Waals surface area contributed by atoms with Crippen molar-refractivity contribution in [1.29, 1.82) is 0 Å². The van der Waals surface area contributed by atoms with Gasteiger partial charge in [-0.2, -0.15) is 4.31 Å². The fraction of sp³-hybridized carbons (Fsp3) is 0.500. The van der Waals surface area contributed by atoms with Crippen LogP contribution in [0.25, 0.3) is 0 Å². The Hall–Kier alpha value is -3.97. The number of carbonyl (C=O) groups is 4. The third-order valence-corrected chi connectivity index (χ3v) is 9.70. The molecule has 2 aromatic carbocycles. The van der Waals surface area contributed by atoms with Crippen molar-refractivity contribution in [1.82, 2.24) is 14.5 Å². The number of hydrogen-bond acceptors (Lipinski definition) is 7. The number of aliphatic carboxylic acids is 1. The molecule has 244 valence electrons. The normalized spacial score (nSPS) is 18.6. The number of ether oxygens (including phenoxy) is 1. The second-order valence-corrected chi connectivity index (χ2v) is 14.5. The Labute approximate surface area is 264 Å². The predicted octanol–water partition coefficient (Wildman–Crippen LogP) is 3.38. The van der Waals surface area contributed by atoms with E-state index < -0.39 is 39.6 Å². The van der Waals surface area contributed by atoms with Gasteiger partial charge in [0.1, 0.15) is 17.7 Å². The van der Waals surface area contributed by atoms with E-state index in [1.165, 1.54) is 4.31 Å². The average Bonchev–Trinajstić information content (AvgIpc) is 3.49. The molecule has 3 amide bonds. The van der Waals surface area contributed by atoms with Gasteiger partial charge < -0.3 is 25.4 Å². The molecule has 2 heterocycles. The standard InChI is InChI=1S/C32H42N4O8S/c1-32(2,3)44-31(41)35-18-15-24(16-19-35)28(37)33-25-13-11-22(12-14-25)20-26(30(39)40)34-29(38)27-10-7-17-36(27)45(42,43)21-23-8-5-4-6-9-23/h4-6,8-9,11-14,24,26-27H,7,10,15-21H2,1-3H3,(H,33,37)(H,34,38)(H,39,40)/t26-,27-/m0/s1. The molecular weight excluding hydrogens is 600 g/mol. The van der Waals surface area contributed by atoms with Crippen molar-refractivity contribution in [3.63, 3.8) is 0 Å². The van der Waals surface area contributed by atoms with Crippen LogP contribution in [-0.4, -0.2) is 83.9 Å². The zero-order valence-electron chi connectivity index (χ0n) is 25.9. The van der Waals surface area contributed by atoms with Gasteiger partial charge in [0.05, 0.1) is 5.75 Å². The van der Waals surface area contributed by atoms with Gasteiger partial charge in [-0.05, 0) is 69.7 Å². The summed E-state index contributed by atoms with van der Waals surface area (Å²) in [5.41, 5.74) is 1.18. The summed E-state index contributed by atoms with van der Waals surface area (Å²) in [6.07, 6.45) is 1.41. The highest BCUT2D eigenvalue weighted by molar-refractivity contribution is 7.88. The van der Waals surface area contributed by atoms with E-state index in [1.54, 1.807) is 80.3 Å². The summed E-state index contributed by atoms with van der Waals surface area (Å²) in [6, 6.07) is 13.1. The molecule has 2 aliphatic rings. The zero-order chi connectivity index (χ0) is 32.8. The van der Waals surface area contributed by atoms with Gasteiger partial charge >= 0.3 is 12.1 Å². The molecule has 2 atom stereocenters. The molecule has 4 rings (SSSR count). The van der Waals surface area contributed by atoms with E-state index in [1.807, 2.05) is 0 Å². The average molecular weight is 643 g/mol. The van der Waals surface area contributed by atoms with Crippen molar-refractivity contribution in [2.75, 3.05) is 25.0 Å². The number of carboxylic acid groups (broad SMARTS) is 1. The molecule has 2 aromatic rings. The summed E-state index contributed by atoms with van der Waals surface area (Å²) in [5, 5.41) is 15.3. The minimum Gasteiger partial charge on any atom is -0.480 e. The smallest absolute Gasteiger partial charge is 0.410 e. The van der Waals surface area contributed by atoms with Gasteiger partial charge in [0, 0.05) is 37.7 Å². The molecule has 3 N–H and O–H groups in total. The molecule has 0 radical (unpaired) electrons. The molecule has 12 nitrogen and oxygen atoms in total. The van der Waals surface area contributed by atoms with Gasteiger partial charge in [-0.3, -0.25) is 9.59 Å². The van der Waals surface area contributed by atoms with Crippen molar-refractivity contribution >= 4 is 39.6 Å². The summed E-state index contributed by atoms with van der Waals surface area (Å²) in [5.74, 6) is -2.55. The number of rotatable bonds is 10. The maximum Gasteiger partial charge on any atom is 0.410 e. The first-order valence-corrected chi connectivity index (χ1v) is 16.8. The van der Waals surface area contributed by atoms with E-state index in [4.69, 9.17) is 4.74 Å². The number of sulfonamides is 1. The molecule has 0 bridgehead atoms. The number of benzene rings is 2. The summed E-state index contributed by atoms with van der Waals surface area (Å²) in [7, 11) is -3.79. The summed E-state index contributed by atoms with van der Waals surface area (Å²) in [6.45, 7) is 6.46. The second-order valence-electron chi connectivity index (χ2n) is 12.5. The molecule has 13 heteroatoms. The molecule has 45 heavy (non-hydrogen) atoms. The summed E-state index contributed by atoms with van der Waals surface area (Å²) in [4.78, 5) is 52.0. The van der Waals surface area contributed by atoms with Crippen LogP contribution in [0.4, 0.5) is 10.5 Å².